The van der Waals surface area contributed by atoms with Crippen molar-refractivity contribution in [3.63, 3.8) is 0 Å². The van der Waals surface area contributed by atoms with Gasteiger partial charge in [0.05, 0.1) is 40.1 Å². The lowest BCUT2D eigenvalue weighted by Crippen LogP contribution is -2.41. The van der Waals surface area contributed by atoms with Gasteiger partial charge in [0.15, 0.2) is 0 Å². The fraction of sp³-hybridized carbons (Fsp3) is 0.519. The molecule has 0 bridgehead atoms. The lowest BCUT2D eigenvalue weighted by molar-refractivity contribution is 0.00578. The van der Waals surface area contributed by atoms with Gasteiger partial charge in [0.1, 0.15) is 0 Å². The predicted molar refractivity (Wildman–Crippen MR) is 146 cm³/mol. The molecule has 0 spiro atoms. The normalized spacial score (nSPS) is 19.1. The third-order valence-electron chi connectivity index (χ3n) is 7.65. The minimum absolute atomic E-state index is 0.0588. The molecule has 2 aromatic carbocycles. The molecule has 8 nitrogen and oxygen atoms in total. The number of hydrogen-bond donors (Lipinski definition) is 1. The summed E-state index contributed by atoms with van der Waals surface area (Å²) in [5, 5.41) is 0. The van der Waals surface area contributed by atoms with Crippen LogP contribution in [0.2, 0.25) is 0 Å². The Morgan fingerprint density at radius 1 is 1.03 bits per heavy atom. The zero-order valence-electron chi connectivity index (χ0n) is 22.6. The highest BCUT2D eigenvalue weighted by Gasteiger charge is 2.51. The summed E-state index contributed by atoms with van der Waals surface area (Å²) < 4.78 is 47.7. The average Bonchev–Trinajstić information content (AvgIpc) is 3.09. The molecule has 0 radical (unpaired) electrons. The van der Waals surface area contributed by atoms with Gasteiger partial charge in [-0.15, -0.1) is 0 Å². The number of methoxy groups -OCH3 is 1. The van der Waals surface area contributed by atoms with Crippen LogP contribution in [0.5, 0.6) is 0 Å². The zero-order chi connectivity index (χ0) is 27.0. The smallest absolute Gasteiger partial charge is 0.465 e. The number of sulfonamides is 1. The molecule has 0 aliphatic carbocycles. The van der Waals surface area contributed by atoms with Crippen LogP contribution in [-0.4, -0.2) is 52.9 Å². The maximum absolute atomic E-state index is 13.8. The molecular formula is C27H37BN2O6S. The summed E-state index contributed by atoms with van der Waals surface area (Å²) in [6.45, 7) is 11.5. The number of anilines is 2. The second-order valence-corrected chi connectivity index (χ2v) is 12.3. The van der Waals surface area contributed by atoms with Crippen molar-refractivity contribution in [2.24, 2.45) is 0 Å². The first-order valence-electron chi connectivity index (χ1n) is 12.9. The minimum atomic E-state index is -4.03. The summed E-state index contributed by atoms with van der Waals surface area (Å²) in [4.78, 5) is 14.4. The topological polar surface area (TPSA) is 94.2 Å². The first-order valence-corrected chi connectivity index (χ1v) is 14.4. The Labute approximate surface area is 220 Å². The number of nitrogens with zero attached hydrogens (tertiary/aromatic N) is 1. The molecule has 2 heterocycles. The van der Waals surface area contributed by atoms with Crippen molar-refractivity contribution in [1.29, 1.82) is 0 Å². The van der Waals surface area contributed by atoms with E-state index in [4.69, 9.17) is 14.0 Å². The maximum Gasteiger partial charge on any atom is 0.494 e. The Kier molecular flexibility index (Phi) is 7.65. The SMILES string of the molecule is CCc1ccc(C(=O)OC)cc1S(=O)(=O)Nc1cc(B2OC(C)(C)C(C)(C)O2)ccc1N1CCCCC1. The first kappa shape index (κ1) is 27.5. The van der Waals surface area contributed by atoms with E-state index in [1.165, 1.54) is 13.2 Å². The van der Waals surface area contributed by atoms with Crippen LogP contribution in [0.25, 0.3) is 0 Å². The molecule has 200 valence electrons. The summed E-state index contributed by atoms with van der Waals surface area (Å²) in [7, 11) is -3.39. The second kappa shape index (κ2) is 10.3. The Bertz CT molecular complexity index is 1260. The molecule has 0 atom stereocenters. The van der Waals surface area contributed by atoms with Crippen LogP contribution in [0.4, 0.5) is 11.4 Å². The zero-order valence-corrected chi connectivity index (χ0v) is 23.4. The van der Waals surface area contributed by atoms with Gasteiger partial charge >= 0.3 is 13.1 Å². The van der Waals surface area contributed by atoms with Crippen molar-refractivity contribution < 1.29 is 27.3 Å². The van der Waals surface area contributed by atoms with Gasteiger partial charge in [-0.1, -0.05) is 19.1 Å². The van der Waals surface area contributed by atoms with Crippen LogP contribution < -0.4 is 15.1 Å². The van der Waals surface area contributed by atoms with Gasteiger partial charge in [-0.3, -0.25) is 4.72 Å². The molecule has 0 saturated carbocycles. The molecule has 0 unspecified atom stereocenters. The van der Waals surface area contributed by atoms with Crippen molar-refractivity contribution in [1.82, 2.24) is 0 Å². The van der Waals surface area contributed by atoms with E-state index in [9.17, 15) is 13.2 Å². The number of rotatable bonds is 7. The summed E-state index contributed by atoms with van der Waals surface area (Å²) in [5.41, 5.74) is 1.76. The van der Waals surface area contributed by atoms with Crippen LogP contribution in [0.15, 0.2) is 41.3 Å². The van der Waals surface area contributed by atoms with Gasteiger partial charge in [-0.05, 0) is 88.7 Å². The molecule has 2 fully saturated rings. The van der Waals surface area contributed by atoms with E-state index < -0.39 is 34.3 Å². The molecule has 10 heteroatoms. The first-order chi connectivity index (χ1) is 17.4. The highest BCUT2D eigenvalue weighted by molar-refractivity contribution is 7.92. The number of carbonyl (C=O) groups excluding carboxylic acids is 1. The number of hydrogen-bond acceptors (Lipinski definition) is 7. The highest BCUT2D eigenvalue weighted by Crippen LogP contribution is 2.37. The van der Waals surface area contributed by atoms with Gasteiger partial charge < -0.3 is 18.9 Å². The Hall–Kier alpha value is -2.56. The van der Waals surface area contributed by atoms with Crippen LogP contribution in [0.3, 0.4) is 0 Å². The molecular weight excluding hydrogens is 491 g/mol. The molecule has 2 aliphatic rings. The molecule has 2 aliphatic heterocycles. The van der Waals surface area contributed by atoms with Crippen LogP contribution in [-0.2, 0) is 30.5 Å². The average molecular weight is 528 g/mol. The van der Waals surface area contributed by atoms with E-state index in [0.29, 0.717) is 17.7 Å². The van der Waals surface area contributed by atoms with Crippen molar-refractivity contribution in [2.75, 3.05) is 29.8 Å². The molecule has 2 saturated heterocycles. The molecule has 0 amide bonds. The fourth-order valence-electron chi connectivity index (χ4n) is 4.71. The number of esters is 1. The van der Waals surface area contributed by atoms with Gasteiger partial charge in [-0.25, -0.2) is 13.2 Å². The number of carbonyl (C=O) groups is 1. The van der Waals surface area contributed by atoms with Crippen molar-refractivity contribution >= 4 is 39.9 Å². The lowest BCUT2D eigenvalue weighted by atomic mass is 9.78. The Balaban J connectivity index is 1.76. The van der Waals surface area contributed by atoms with Gasteiger partial charge in [-0.2, -0.15) is 0 Å². The monoisotopic (exact) mass is 528 g/mol. The van der Waals surface area contributed by atoms with Crippen LogP contribution >= 0.6 is 0 Å². The van der Waals surface area contributed by atoms with Gasteiger partial charge in [0.2, 0.25) is 0 Å². The predicted octanol–water partition coefficient (Wildman–Crippen LogP) is 4.13. The van der Waals surface area contributed by atoms with E-state index in [1.54, 1.807) is 18.2 Å². The van der Waals surface area contributed by atoms with Crippen molar-refractivity contribution in [3.8, 4) is 0 Å². The van der Waals surface area contributed by atoms with E-state index in [0.717, 1.165) is 43.5 Å². The number of benzene rings is 2. The van der Waals surface area contributed by atoms with Gasteiger partial charge in [0.25, 0.3) is 10.0 Å². The summed E-state index contributed by atoms with van der Waals surface area (Å²) in [6, 6.07) is 10.3. The Morgan fingerprint density at radius 3 is 2.27 bits per heavy atom. The summed E-state index contributed by atoms with van der Waals surface area (Å²) >= 11 is 0. The van der Waals surface area contributed by atoms with Crippen LogP contribution in [0, 0.1) is 0 Å². The highest BCUT2D eigenvalue weighted by atomic mass is 32.2. The van der Waals surface area contributed by atoms with E-state index >= 15 is 0 Å². The van der Waals surface area contributed by atoms with E-state index in [2.05, 4.69) is 9.62 Å². The minimum Gasteiger partial charge on any atom is -0.465 e. The molecule has 4 rings (SSSR count). The quantitative estimate of drug-likeness (QED) is 0.427. The third-order valence-corrected chi connectivity index (χ3v) is 9.09. The standard InChI is InChI=1S/C27H37BN2O6S/c1-7-19-11-12-20(25(31)34-6)17-24(19)37(32,33)29-22-18-21(28-35-26(2,3)27(4,5)36-28)13-14-23(22)30-15-9-8-10-16-30/h11-14,17-18,29H,7-10,15-16H2,1-6H3. The van der Waals surface area contributed by atoms with Crippen LogP contribution in [0.1, 0.15) is 69.8 Å². The molecule has 2 aromatic rings. The fourth-order valence-corrected chi connectivity index (χ4v) is 6.12. The summed E-state index contributed by atoms with van der Waals surface area (Å²) in [6.07, 6.45) is 3.74. The molecule has 1 N–H and O–H groups in total. The lowest BCUT2D eigenvalue weighted by Gasteiger charge is -2.32. The molecule has 37 heavy (non-hydrogen) atoms. The number of nitrogens with one attached hydrogen (secondary N) is 1. The molecule has 0 aromatic heterocycles. The number of ether oxygens (including phenoxy) is 1. The van der Waals surface area contributed by atoms with Crippen molar-refractivity contribution in [3.05, 3.63) is 47.5 Å². The largest absolute Gasteiger partial charge is 0.494 e. The number of aryl methyl sites for hydroxylation is 1. The third kappa shape index (κ3) is 5.51. The van der Waals surface area contributed by atoms with Crippen molar-refractivity contribution in [2.45, 2.75) is 76.4 Å². The van der Waals surface area contributed by atoms with E-state index in [1.807, 2.05) is 46.8 Å². The Morgan fingerprint density at radius 2 is 1.68 bits per heavy atom. The maximum atomic E-state index is 13.8. The number of piperidine rings is 1. The summed E-state index contributed by atoms with van der Waals surface area (Å²) in [5.74, 6) is -0.587. The second-order valence-electron chi connectivity index (χ2n) is 10.7. The van der Waals surface area contributed by atoms with E-state index in [-0.39, 0.29) is 10.5 Å². The van der Waals surface area contributed by atoms with Gasteiger partial charge in [0, 0.05) is 13.1 Å².